The molecule has 0 radical (unpaired) electrons. The van der Waals surface area contributed by atoms with Crippen molar-refractivity contribution in [2.75, 3.05) is 4.90 Å². The van der Waals surface area contributed by atoms with Crippen LogP contribution in [-0.4, -0.2) is 20.4 Å². The molecule has 7 aromatic carbocycles. The zero-order valence-corrected chi connectivity index (χ0v) is 28.5. The van der Waals surface area contributed by atoms with Crippen molar-refractivity contribution in [3.63, 3.8) is 0 Å². The molecular formula is C46H31N5O2. The van der Waals surface area contributed by atoms with Gasteiger partial charge >= 0.3 is 0 Å². The van der Waals surface area contributed by atoms with E-state index in [1.807, 2.05) is 103 Å². The second-order valence-corrected chi connectivity index (χ2v) is 12.4. The van der Waals surface area contributed by atoms with Crippen molar-refractivity contribution in [2.45, 2.75) is 0 Å². The molecular weight excluding hydrogens is 655 g/mol. The summed E-state index contributed by atoms with van der Waals surface area (Å²) in [7, 11) is 0. The smallest absolute Gasteiger partial charge is 0.248 e. The van der Waals surface area contributed by atoms with E-state index in [1.165, 1.54) is 0 Å². The predicted octanol–water partition coefficient (Wildman–Crippen LogP) is 11.9. The van der Waals surface area contributed by atoms with Gasteiger partial charge in [-0.3, -0.25) is 0 Å². The molecule has 0 saturated heterocycles. The number of hydrogen-bond acceptors (Lipinski definition) is 7. The lowest BCUT2D eigenvalue weighted by Gasteiger charge is -2.26. The van der Waals surface area contributed by atoms with E-state index in [4.69, 9.17) is 8.83 Å². The lowest BCUT2D eigenvalue weighted by Crippen LogP contribution is -2.09. The predicted molar refractivity (Wildman–Crippen MR) is 209 cm³/mol. The molecule has 0 aliphatic carbocycles. The first-order valence-corrected chi connectivity index (χ1v) is 17.3. The van der Waals surface area contributed by atoms with Gasteiger partial charge < -0.3 is 13.7 Å². The minimum Gasteiger partial charge on any atom is -0.416 e. The maximum atomic E-state index is 6.15. The Balaban J connectivity index is 1.03. The van der Waals surface area contributed by atoms with Crippen LogP contribution in [0.4, 0.5) is 17.1 Å². The fourth-order valence-corrected chi connectivity index (χ4v) is 6.51. The Kier molecular flexibility index (Phi) is 8.40. The van der Waals surface area contributed by atoms with Crippen molar-refractivity contribution in [3.05, 3.63) is 188 Å². The summed E-state index contributed by atoms with van der Waals surface area (Å²) in [5, 5.41) is 17.5. The standard InChI is InChI=1S/C46H31N5O2/c1-4-14-34(15-5-1)43-47-49-45(52-43)41-22-12-10-20-39(41)32-24-28-37(29-25-32)51(36-18-8-3-9-19-36)38-30-26-33(27-31-38)40-21-11-13-23-42(40)46-50-48-44(53-46)35-16-6-2-7-17-35/h1-31H. The Morgan fingerprint density at radius 2 is 0.585 bits per heavy atom. The minimum absolute atomic E-state index is 0.479. The lowest BCUT2D eigenvalue weighted by atomic mass is 9.98. The van der Waals surface area contributed by atoms with E-state index in [0.29, 0.717) is 23.6 Å². The second-order valence-electron chi connectivity index (χ2n) is 12.4. The molecule has 252 valence electrons. The topological polar surface area (TPSA) is 81.1 Å². The van der Waals surface area contributed by atoms with E-state index in [9.17, 15) is 0 Å². The molecule has 0 N–H and O–H groups in total. The van der Waals surface area contributed by atoms with Crippen LogP contribution in [0.5, 0.6) is 0 Å². The van der Waals surface area contributed by atoms with Gasteiger partial charge in [-0.1, -0.05) is 115 Å². The molecule has 0 bridgehead atoms. The average Bonchev–Trinajstić information content (AvgIpc) is 3.95. The monoisotopic (exact) mass is 685 g/mol. The summed E-state index contributed by atoms with van der Waals surface area (Å²) in [6, 6.07) is 63.3. The quantitative estimate of drug-likeness (QED) is 0.150. The Labute approximate surface area is 306 Å². The van der Waals surface area contributed by atoms with Crippen molar-refractivity contribution in [1.82, 2.24) is 20.4 Å². The third kappa shape index (κ3) is 6.39. The fourth-order valence-electron chi connectivity index (χ4n) is 6.51. The first-order chi connectivity index (χ1) is 26.3. The van der Waals surface area contributed by atoms with Gasteiger partial charge in [-0.05, 0) is 95.1 Å². The van der Waals surface area contributed by atoms with Gasteiger partial charge in [0.05, 0.1) is 0 Å². The Morgan fingerprint density at radius 1 is 0.264 bits per heavy atom. The lowest BCUT2D eigenvalue weighted by molar-refractivity contribution is 0.584. The summed E-state index contributed by atoms with van der Waals surface area (Å²) in [5.41, 5.74) is 10.7. The molecule has 7 nitrogen and oxygen atoms in total. The molecule has 7 heteroatoms. The number of rotatable bonds is 9. The Hall–Kier alpha value is -7.38. The van der Waals surface area contributed by atoms with Crippen LogP contribution in [0.2, 0.25) is 0 Å². The van der Waals surface area contributed by atoms with E-state index < -0.39 is 0 Å². The van der Waals surface area contributed by atoms with Gasteiger partial charge in [-0.25, -0.2) is 0 Å². The second kappa shape index (κ2) is 14.1. The van der Waals surface area contributed by atoms with Crippen molar-refractivity contribution in [1.29, 1.82) is 0 Å². The van der Waals surface area contributed by atoms with Crippen LogP contribution in [0.15, 0.2) is 197 Å². The van der Waals surface area contributed by atoms with Crippen LogP contribution in [0.25, 0.3) is 68.1 Å². The number of benzene rings is 7. The van der Waals surface area contributed by atoms with Crippen LogP contribution in [0.1, 0.15) is 0 Å². The molecule has 2 aromatic heterocycles. The number of nitrogens with zero attached hydrogens (tertiary/aromatic N) is 5. The van der Waals surface area contributed by atoms with E-state index in [2.05, 4.69) is 110 Å². The third-order valence-corrected chi connectivity index (χ3v) is 9.09. The summed E-state index contributed by atoms with van der Waals surface area (Å²) in [4.78, 5) is 2.25. The normalized spacial score (nSPS) is 11.0. The molecule has 0 atom stereocenters. The third-order valence-electron chi connectivity index (χ3n) is 9.09. The van der Waals surface area contributed by atoms with Crippen molar-refractivity contribution >= 4 is 17.1 Å². The van der Waals surface area contributed by atoms with Gasteiger partial charge in [0.25, 0.3) is 0 Å². The number of para-hydroxylation sites is 1. The summed E-state index contributed by atoms with van der Waals surface area (Å²) >= 11 is 0. The molecule has 0 aliphatic heterocycles. The van der Waals surface area contributed by atoms with Gasteiger partial charge in [0.2, 0.25) is 23.6 Å². The molecule has 0 spiro atoms. The van der Waals surface area contributed by atoms with Crippen LogP contribution in [-0.2, 0) is 0 Å². The number of hydrogen-bond donors (Lipinski definition) is 0. The fraction of sp³-hybridized carbons (Fsp3) is 0. The van der Waals surface area contributed by atoms with Crippen LogP contribution in [0, 0.1) is 0 Å². The molecule has 0 fully saturated rings. The van der Waals surface area contributed by atoms with Crippen LogP contribution < -0.4 is 4.90 Å². The zero-order valence-electron chi connectivity index (χ0n) is 28.5. The highest BCUT2D eigenvalue weighted by Crippen LogP contribution is 2.39. The molecule has 0 saturated carbocycles. The Bertz CT molecular complexity index is 2440. The minimum atomic E-state index is 0.479. The largest absolute Gasteiger partial charge is 0.416 e. The highest BCUT2D eigenvalue weighted by atomic mass is 16.4. The van der Waals surface area contributed by atoms with E-state index >= 15 is 0 Å². The van der Waals surface area contributed by atoms with Gasteiger partial charge in [0, 0.05) is 39.3 Å². The Morgan fingerprint density at radius 3 is 1.00 bits per heavy atom. The van der Waals surface area contributed by atoms with Gasteiger partial charge in [-0.2, -0.15) is 0 Å². The molecule has 9 rings (SSSR count). The highest BCUT2D eigenvalue weighted by molar-refractivity contribution is 5.85. The van der Waals surface area contributed by atoms with Gasteiger partial charge in [-0.15, -0.1) is 20.4 Å². The zero-order chi connectivity index (χ0) is 35.4. The van der Waals surface area contributed by atoms with Gasteiger partial charge in [0.1, 0.15) is 0 Å². The van der Waals surface area contributed by atoms with E-state index in [1.54, 1.807) is 0 Å². The average molecular weight is 686 g/mol. The SMILES string of the molecule is c1ccc(-c2nnc(-c3ccccc3-c3ccc(N(c4ccccc4)c4ccc(-c5ccccc5-c5nnc(-c6ccccc6)o5)cc4)cc3)o2)cc1. The molecule has 0 unspecified atom stereocenters. The maximum absolute atomic E-state index is 6.15. The molecule has 0 amide bonds. The first kappa shape index (κ1) is 31.6. The number of aromatic nitrogens is 4. The summed E-state index contributed by atoms with van der Waals surface area (Å²) < 4.78 is 12.3. The van der Waals surface area contributed by atoms with Crippen LogP contribution >= 0.6 is 0 Å². The van der Waals surface area contributed by atoms with E-state index in [-0.39, 0.29) is 0 Å². The van der Waals surface area contributed by atoms with Gasteiger partial charge in [0.15, 0.2) is 0 Å². The summed E-state index contributed by atoms with van der Waals surface area (Å²) in [5.74, 6) is 1.94. The van der Waals surface area contributed by atoms with E-state index in [0.717, 1.165) is 61.6 Å². The summed E-state index contributed by atoms with van der Waals surface area (Å²) in [6.45, 7) is 0. The number of anilines is 3. The maximum Gasteiger partial charge on any atom is 0.248 e. The van der Waals surface area contributed by atoms with Crippen molar-refractivity contribution in [2.24, 2.45) is 0 Å². The molecule has 53 heavy (non-hydrogen) atoms. The highest BCUT2D eigenvalue weighted by Gasteiger charge is 2.18. The molecule has 0 aliphatic rings. The van der Waals surface area contributed by atoms with Crippen molar-refractivity contribution in [3.8, 4) is 68.1 Å². The molecule has 9 aromatic rings. The first-order valence-electron chi connectivity index (χ1n) is 17.3. The van der Waals surface area contributed by atoms with Crippen LogP contribution in [0.3, 0.4) is 0 Å². The van der Waals surface area contributed by atoms with Crippen molar-refractivity contribution < 1.29 is 8.83 Å². The summed E-state index contributed by atoms with van der Waals surface area (Å²) in [6.07, 6.45) is 0. The molecule has 2 heterocycles.